The summed E-state index contributed by atoms with van der Waals surface area (Å²) in [7, 11) is 0. The van der Waals surface area contributed by atoms with E-state index < -0.39 is 0 Å². The summed E-state index contributed by atoms with van der Waals surface area (Å²) in [5.41, 5.74) is 7.43. The van der Waals surface area contributed by atoms with Crippen LogP contribution in [0.1, 0.15) is 42.4 Å². The number of hydrogen-bond acceptors (Lipinski definition) is 3. The van der Waals surface area contributed by atoms with Crippen LogP contribution in [0.5, 0.6) is 0 Å². The molecule has 16 heavy (non-hydrogen) atoms. The van der Waals surface area contributed by atoms with Crippen LogP contribution in [0.3, 0.4) is 0 Å². The van der Waals surface area contributed by atoms with Crippen molar-refractivity contribution in [3.63, 3.8) is 0 Å². The average molecular weight is 222 g/mol. The van der Waals surface area contributed by atoms with Crippen LogP contribution in [-0.4, -0.2) is 33.6 Å². The third-order valence-corrected chi connectivity index (χ3v) is 3.31. The van der Waals surface area contributed by atoms with Crippen LogP contribution >= 0.6 is 0 Å². The maximum Gasteiger partial charge on any atom is 0.276 e. The standard InChI is InChI=1S/C11H18N4O/c1-3-8-5-4-6-15(8)11(16)10-9(12)7(2)13-14-10/h8H,3-6,12H2,1-2H3,(H,13,14). The maximum absolute atomic E-state index is 12.2. The SMILES string of the molecule is CCC1CCCN1C(=O)c1n[nH]c(C)c1N. The molecule has 1 aliphatic heterocycles. The molecule has 1 saturated heterocycles. The monoisotopic (exact) mass is 222 g/mol. The Kier molecular flexibility index (Phi) is 2.85. The Morgan fingerprint density at radius 2 is 2.44 bits per heavy atom. The van der Waals surface area contributed by atoms with Crippen LogP contribution in [-0.2, 0) is 0 Å². The molecule has 0 saturated carbocycles. The topological polar surface area (TPSA) is 75.0 Å². The number of carbonyl (C=O) groups excluding carboxylic acids is 1. The highest BCUT2D eigenvalue weighted by atomic mass is 16.2. The summed E-state index contributed by atoms with van der Waals surface area (Å²) in [4.78, 5) is 14.1. The van der Waals surface area contributed by atoms with Gasteiger partial charge in [-0.3, -0.25) is 9.89 Å². The number of nitrogens with zero attached hydrogens (tertiary/aromatic N) is 2. The summed E-state index contributed by atoms with van der Waals surface area (Å²) in [6, 6.07) is 0.351. The van der Waals surface area contributed by atoms with Gasteiger partial charge in [-0.1, -0.05) is 6.92 Å². The number of likely N-dealkylation sites (tertiary alicyclic amines) is 1. The number of aryl methyl sites for hydroxylation is 1. The first-order chi connectivity index (χ1) is 7.65. The van der Waals surface area contributed by atoms with E-state index in [1.807, 2.05) is 11.8 Å². The predicted molar refractivity (Wildman–Crippen MR) is 62.1 cm³/mol. The molecule has 0 aromatic carbocycles. The molecule has 5 heteroatoms. The van der Waals surface area contributed by atoms with Gasteiger partial charge >= 0.3 is 0 Å². The Morgan fingerprint density at radius 1 is 1.69 bits per heavy atom. The lowest BCUT2D eigenvalue weighted by atomic mass is 10.1. The van der Waals surface area contributed by atoms with Gasteiger partial charge in [0.15, 0.2) is 5.69 Å². The van der Waals surface area contributed by atoms with Crippen molar-refractivity contribution in [2.75, 3.05) is 12.3 Å². The van der Waals surface area contributed by atoms with E-state index in [0.29, 0.717) is 17.4 Å². The minimum atomic E-state index is -0.0359. The van der Waals surface area contributed by atoms with Crippen LogP contribution < -0.4 is 5.73 Å². The molecule has 1 aliphatic rings. The molecule has 1 aromatic heterocycles. The number of hydrogen-bond donors (Lipinski definition) is 2. The first-order valence-corrected chi connectivity index (χ1v) is 5.76. The normalized spacial score (nSPS) is 20.4. The lowest BCUT2D eigenvalue weighted by Crippen LogP contribution is -2.35. The number of H-pyrrole nitrogens is 1. The van der Waals surface area contributed by atoms with Gasteiger partial charge in [-0.15, -0.1) is 0 Å². The lowest BCUT2D eigenvalue weighted by molar-refractivity contribution is 0.0729. The molecule has 1 atom stereocenters. The first-order valence-electron chi connectivity index (χ1n) is 5.76. The zero-order valence-electron chi connectivity index (χ0n) is 9.79. The minimum absolute atomic E-state index is 0.0359. The van der Waals surface area contributed by atoms with Crippen molar-refractivity contribution in [2.24, 2.45) is 0 Å². The third kappa shape index (κ3) is 1.66. The Bertz CT molecular complexity index is 399. The minimum Gasteiger partial charge on any atom is -0.395 e. The molecule has 1 amide bonds. The Labute approximate surface area is 95.0 Å². The second-order valence-electron chi connectivity index (χ2n) is 4.31. The van der Waals surface area contributed by atoms with Crippen molar-refractivity contribution in [1.29, 1.82) is 0 Å². The van der Waals surface area contributed by atoms with Crippen LogP contribution in [0.4, 0.5) is 5.69 Å². The number of aromatic nitrogens is 2. The van der Waals surface area contributed by atoms with E-state index in [4.69, 9.17) is 5.73 Å². The summed E-state index contributed by atoms with van der Waals surface area (Å²) >= 11 is 0. The number of anilines is 1. The molecule has 5 nitrogen and oxygen atoms in total. The smallest absolute Gasteiger partial charge is 0.276 e. The molecule has 0 bridgehead atoms. The Hall–Kier alpha value is -1.52. The summed E-state index contributed by atoms with van der Waals surface area (Å²) in [5.74, 6) is -0.0359. The highest BCUT2D eigenvalue weighted by Crippen LogP contribution is 2.24. The summed E-state index contributed by atoms with van der Waals surface area (Å²) < 4.78 is 0. The number of carbonyl (C=O) groups is 1. The molecule has 2 heterocycles. The summed E-state index contributed by atoms with van der Waals surface area (Å²) in [5, 5.41) is 6.74. The number of aromatic amines is 1. The van der Waals surface area contributed by atoms with Crippen molar-refractivity contribution in [3.05, 3.63) is 11.4 Å². The number of amides is 1. The quantitative estimate of drug-likeness (QED) is 0.792. The highest BCUT2D eigenvalue weighted by Gasteiger charge is 2.30. The molecule has 1 aromatic rings. The van der Waals surface area contributed by atoms with E-state index in [0.717, 1.165) is 31.5 Å². The highest BCUT2D eigenvalue weighted by molar-refractivity contribution is 5.97. The molecule has 1 unspecified atom stereocenters. The van der Waals surface area contributed by atoms with Gasteiger partial charge in [0.05, 0.1) is 11.4 Å². The molecular formula is C11H18N4O. The van der Waals surface area contributed by atoms with Crippen LogP contribution in [0.25, 0.3) is 0 Å². The van der Waals surface area contributed by atoms with E-state index in [1.54, 1.807) is 0 Å². The van der Waals surface area contributed by atoms with E-state index in [-0.39, 0.29) is 5.91 Å². The number of nitrogens with two attached hydrogens (primary N) is 1. The summed E-state index contributed by atoms with van der Waals surface area (Å²) in [6.07, 6.45) is 3.16. The molecule has 0 aliphatic carbocycles. The second-order valence-corrected chi connectivity index (χ2v) is 4.31. The molecule has 1 fully saturated rings. The van der Waals surface area contributed by atoms with Crippen molar-refractivity contribution in [1.82, 2.24) is 15.1 Å². The van der Waals surface area contributed by atoms with Crippen LogP contribution in [0, 0.1) is 6.92 Å². The third-order valence-electron chi connectivity index (χ3n) is 3.31. The van der Waals surface area contributed by atoms with Crippen molar-refractivity contribution >= 4 is 11.6 Å². The van der Waals surface area contributed by atoms with Gasteiger partial charge in [0.2, 0.25) is 0 Å². The van der Waals surface area contributed by atoms with Crippen LogP contribution in [0.15, 0.2) is 0 Å². The van der Waals surface area contributed by atoms with Crippen molar-refractivity contribution < 1.29 is 4.79 Å². The van der Waals surface area contributed by atoms with Crippen molar-refractivity contribution in [2.45, 2.75) is 39.2 Å². The lowest BCUT2D eigenvalue weighted by Gasteiger charge is -2.22. The average Bonchev–Trinajstić information content (AvgIpc) is 2.86. The molecule has 0 radical (unpaired) electrons. The van der Waals surface area contributed by atoms with E-state index in [1.165, 1.54) is 0 Å². The Balaban J connectivity index is 2.22. The second kappa shape index (κ2) is 4.15. The van der Waals surface area contributed by atoms with Gasteiger partial charge in [-0.05, 0) is 26.2 Å². The van der Waals surface area contributed by atoms with Gasteiger partial charge in [-0.25, -0.2) is 0 Å². The fourth-order valence-corrected chi connectivity index (χ4v) is 2.26. The number of rotatable bonds is 2. The predicted octanol–water partition coefficient (Wildman–Crippen LogP) is 1.31. The van der Waals surface area contributed by atoms with Crippen molar-refractivity contribution in [3.8, 4) is 0 Å². The maximum atomic E-state index is 12.2. The molecule has 0 spiro atoms. The Morgan fingerprint density at radius 3 is 3.00 bits per heavy atom. The van der Waals surface area contributed by atoms with Gasteiger partial charge in [0, 0.05) is 12.6 Å². The van der Waals surface area contributed by atoms with Crippen LogP contribution in [0.2, 0.25) is 0 Å². The van der Waals surface area contributed by atoms with E-state index >= 15 is 0 Å². The zero-order chi connectivity index (χ0) is 11.7. The summed E-state index contributed by atoms with van der Waals surface area (Å²) in [6.45, 7) is 4.75. The molecule has 3 N–H and O–H groups in total. The molecule has 2 rings (SSSR count). The fraction of sp³-hybridized carbons (Fsp3) is 0.636. The van der Waals surface area contributed by atoms with Gasteiger partial charge in [0.25, 0.3) is 5.91 Å². The number of nitrogen functional groups attached to an aromatic ring is 1. The van der Waals surface area contributed by atoms with Gasteiger partial charge in [-0.2, -0.15) is 5.10 Å². The largest absolute Gasteiger partial charge is 0.395 e. The van der Waals surface area contributed by atoms with E-state index in [9.17, 15) is 4.79 Å². The van der Waals surface area contributed by atoms with E-state index in [2.05, 4.69) is 17.1 Å². The molecular weight excluding hydrogens is 204 g/mol. The van der Waals surface area contributed by atoms with Gasteiger partial charge < -0.3 is 10.6 Å². The zero-order valence-corrected chi connectivity index (χ0v) is 9.79. The fourth-order valence-electron chi connectivity index (χ4n) is 2.26. The van der Waals surface area contributed by atoms with Gasteiger partial charge in [0.1, 0.15) is 0 Å². The first kappa shape index (κ1) is 11.0. The number of nitrogens with one attached hydrogen (secondary N) is 1. The molecule has 88 valence electrons.